The summed E-state index contributed by atoms with van der Waals surface area (Å²) >= 11 is 0. The Labute approximate surface area is 244 Å². The molecule has 0 aromatic heterocycles. The third-order valence-corrected chi connectivity index (χ3v) is 14.5. The monoisotopic (exact) mass is 561 g/mol. The summed E-state index contributed by atoms with van der Waals surface area (Å²) in [6, 6.07) is 22.4. The molecule has 2 aromatic rings. The summed E-state index contributed by atoms with van der Waals surface area (Å²) in [6.07, 6.45) is 10.3. The fourth-order valence-electron chi connectivity index (χ4n) is 7.59. The van der Waals surface area contributed by atoms with E-state index in [4.69, 9.17) is 9.16 Å². The smallest absolute Gasteiger partial charge is 0.333 e. The highest BCUT2D eigenvalue weighted by Gasteiger charge is 2.52. The minimum absolute atomic E-state index is 0.0138. The molecule has 2 aromatic carbocycles. The SMILES string of the molecule is CCOC(=O)/C(C)=C/C[C@H]1CCC[C@]2(CCC[C@@H]2[C@H](C)CO[Si](c2ccccc2)(c2ccccc2)C(C)(C)C)N1. The molecule has 1 aliphatic heterocycles. The summed E-state index contributed by atoms with van der Waals surface area (Å²) in [6.45, 7) is 14.4. The Morgan fingerprint density at radius 2 is 1.60 bits per heavy atom. The molecule has 2 aliphatic rings. The molecule has 40 heavy (non-hydrogen) atoms. The van der Waals surface area contributed by atoms with E-state index in [1.54, 1.807) is 0 Å². The van der Waals surface area contributed by atoms with Gasteiger partial charge in [0, 0.05) is 23.8 Å². The van der Waals surface area contributed by atoms with Crippen molar-refractivity contribution in [3.8, 4) is 0 Å². The van der Waals surface area contributed by atoms with E-state index in [1.165, 1.54) is 42.5 Å². The van der Waals surface area contributed by atoms with Gasteiger partial charge in [0.05, 0.1) is 6.61 Å². The number of rotatable bonds is 10. The Morgan fingerprint density at radius 3 is 2.15 bits per heavy atom. The molecule has 4 atom stereocenters. The number of ether oxygens (including phenoxy) is 1. The highest BCUT2D eigenvalue weighted by molar-refractivity contribution is 6.99. The summed E-state index contributed by atoms with van der Waals surface area (Å²) in [5.41, 5.74) is 0.890. The van der Waals surface area contributed by atoms with Crippen molar-refractivity contribution in [3.63, 3.8) is 0 Å². The number of carbonyl (C=O) groups excluding carboxylic acids is 1. The van der Waals surface area contributed by atoms with Gasteiger partial charge in [0.2, 0.25) is 0 Å². The van der Waals surface area contributed by atoms with E-state index in [1.807, 2.05) is 13.8 Å². The van der Waals surface area contributed by atoms with Crippen LogP contribution in [0.2, 0.25) is 5.04 Å². The maximum atomic E-state index is 12.1. The van der Waals surface area contributed by atoms with Gasteiger partial charge < -0.3 is 14.5 Å². The Morgan fingerprint density at radius 1 is 1.02 bits per heavy atom. The standard InChI is InChI=1S/C35H51NO3Si/c1-7-38-33(37)27(2)22-23-29-16-14-24-35(36-29)25-15-21-32(35)28(3)26-39-40(34(4,5)6,30-17-10-8-11-18-30)31-19-12-9-13-20-31/h8-13,17-20,22,28-29,32,36H,7,14-16,21,23-26H2,1-6H3/b27-22+/t28-,29-,32-,35-/m1/s1. The molecule has 4 nitrogen and oxygen atoms in total. The van der Waals surface area contributed by atoms with Gasteiger partial charge in [-0.3, -0.25) is 0 Å². The van der Waals surface area contributed by atoms with E-state index in [0.29, 0.717) is 24.5 Å². The van der Waals surface area contributed by atoms with Gasteiger partial charge in [0.15, 0.2) is 0 Å². The quantitative estimate of drug-likeness (QED) is 0.197. The molecular formula is C35H51NO3Si. The lowest BCUT2D eigenvalue weighted by Crippen LogP contribution is -2.67. The molecule has 1 aliphatic carbocycles. The van der Waals surface area contributed by atoms with Crippen LogP contribution in [0.5, 0.6) is 0 Å². The maximum Gasteiger partial charge on any atom is 0.333 e. The van der Waals surface area contributed by atoms with Crippen LogP contribution in [-0.4, -0.2) is 39.1 Å². The van der Waals surface area contributed by atoms with Gasteiger partial charge in [-0.15, -0.1) is 0 Å². The normalized spacial score (nSPS) is 24.7. The number of esters is 1. The molecule has 1 heterocycles. The predicted octanol–water partition coefficient (Wildman–Crippen LogP) is 6.78. The Kier molecular flexibility index (Phi) is 10.1. The van der Waals surface area contributed by atoms with Gasteiger partial charge in [-0.2, -0.15) is 0 Å². The van der Waals surface area contributed by atoms with Gasteiger partial charge in [-0.05, 0) is 73.2 Å². The van der Waals surface area contributed by atoms with E-state index in [0.717, 1.165) is 25.0 Å². The van der Waals surface area contributed by atoms with Crippen LogP contribution in [0.25, 0.3) is 0 Å². The van der Waals surface area contributed by atoms with Crippen LogP contribution in [0.15, 0.2) is 72.3 Å². The predicted molar refractivity (Wildman–Crippen MR) is 169 cm³/mol. The number of piperidine rings is 1. The van der Waals surface area contributed by atoms with Crippen molar-refractivity contribution in [1.82, 2.24) is 5.32 Å². The van der Waals surface area contributed by atoms with Crippen molar-refractivity contribution in [3.05, 3.63) is 72.3 Å². The Bertz CT molecular complexity index is 1090. The van der Waals surface area contributed by atoms with Crippen LogP contribution in [0.3, 0.4) is 0 Å². The summed E-state index contributed by atoms with van der Waals surface area (Å²) in [5, 5.41) is 6.82. The molecule has 0 unspecified atom stereocenters. The molecule has 0 bridgehead atoms. The van der Waals surface area contributed by atoms with Crippen molar-refractivity contribution < 1.29 is 14.0 Å². The lowest BCUT2D eigenvalue weighted by Gasteiger charge is -2.47. The van der Waals surface area contributed by atoms with Gasteiger partial charge in [-0.25, -0.2) is 4.79 Å². The minimum atomic E-state index is -2.55. The minimum Gasteiger partial charge on any atom is -0.463 e. The molecule has 218 valence electrons. The third-order valence-electron chi connectivity index (χ3n) is 9.49. The first-order valence-electron chi connectivity index (χ1n) is 15.5. The summed E-state index contributed by atoms with van der Waals surface area (Å²) in [5.74, 6) is 0.844. The molecule has 1 spiro atoms. The van der Waals surface area contributed by atoms with E-state index in [2.05, 4.69) is 99.8 Å². The first-order chi connectivity index (χ1) is 19.1. The number of hydrogen-bond acceptors (Lipinski definition) is 4. The van der Waals surface area contributed by atoms with Crippen LogP contribution in [-0.2, 0) is 14.0 Å². The summed E-state index contributed by atoms with van der Waals surface area (Å²) in [4.78, 5) is 12.1. The average Bonchev–Trinajstić information content (AvgIpc) is 3.34. The van der Waals surface area contributed by atoms with Crippen LogP contribution in [0, 0.1) is 11.8 Å². The maximum absolute atomic E-state index is 12.1. The number of hydrogen-bond donors (Lipinski definition) is 1. The first-order valence-corrected chi connectivity index (χ1v) is 17.4. The zero-order valence-electron chi connectivity index (χ0n) is 25.7. The average molecular weight is 562 g/mol. The summed E-state index contributed by atoms with van der Waals surface area (Å²) < 4.78 is 12.6. The van der Waals surface area contributed by atoms with Crippen molar-refractivity contribution in [2.45, 2.75) is 103 Å². The molecule has 0 amide bonds. The molecule has 5 heteroatoms. The van der Waals surface area contributed by atoms with E-state index >= 15 is 0 Å². The second kappa shape index (κ2) is 13.2. The van der Waals surface area contributed by atoms with Crippen molar-refractivity contribution in [1.29, 1.82) is 0 Å². The number of nitrogens with one attached hydrogen (secondary N) is 1. The number of carbonyl (C=O) groups is 1. The molecule has 0 radical (unpaired) electrons. The van der Waals surface area contributed by atoms with Gasteiger partial charge >= 0.3 is 5.97 Å². The lowest BCUT2D eigenvalue weighted by molar-refractivity contribution is -0.138. The molecule has 1 N–H and O–H groups in total. The molecule has 2 fully saturated rings. The largest absolute Gasteiger partial charge is 0.463 e. The molecule has 4 rings (SSSR count). The lowest BCUT2D eigenvalue weighted by atomic mass is 9.73. The van der Waals surface area contributed by atoms with Crippen LogP contribution < -0.4 is 15.7 Å². The number of benzene rings is 2. The Hall–Kier alpha value is -2.21. The topological polar surface area (TPSA) is 47.6 Å². The highest BCUT2D eigenvalue weighted by Crippen LogP contribution is 2.47. The third kappa shape index (κ3) is 6.47. The van der Waals surface area contributed by atoms with Gasteiger partial charge in [0.25, 0.3) is 8.32 Å². The van der Waals surface area contributed by atoms with Crippen LogP contribution in [0.4, 0.5) is 0 Å². The molecule has 1 saturated heterocycles. The fourth-order valence-corrected chi connectivity index (χ4v) is 12.3. The van der Waals surface area contributed by atoms with E-state index in [9.17, 15) is 4.79 Å². The van der Waals surface area contributed by atoms with E-state index < -0.39 is 8.32 Å². The zero-order chi connectivity index (χ0) is 28.8. The highest BCUT2D eigenvalue weighted by atomic mass is 28.4. The first kappa shape index (κ1) is 30.7. The second-order valence-corrected chi connectivity index (χ2v) is 17.5. The molecule has 1 saturated carbocycles. The second-order valence-electron chi connectivity index (χ2n) is 13.2. The summed E-state index contributed by atoms with van der Waals surface area (Å²) in [7, 11) is -2.55. The fraction of sp³-hybridized carbons (Fsp3) is 0.571. The van der Waals surface area contributed by atoms with Crippen LogP contribution in [0.1, 0.15) is 86.5 Å². The van der Waals surface area contributed by atoms with Crippen molar-refractivity contribution in [2.75, 3.05) is 13.2 Å². The molecular weight excluding hydrogens is 510 g/mol. The van der Waals surface area contributed by atoms with Crippen molar-refractivity contribution in [2.24, 2.45) is 11.8 Å². The Balaban J connectivity index is 1.54. The van der Waals surface area contributed by atoms with Gasteiger partial charge in [0.1, 0.15) is 0 Å². The van der Waals surface area contributed by atoms with E-state index in [-0.39, 0.29) is 16.5 Å². The van der Waals surface area contributed by atoms with Crippen molar-refractivity contribution >= 4 is 24.7 Å². The van der Waals surface area contributed by atoms with Crippen LogP contribution >= 0.6 is 0 Å². The zero-order valence-corrected chi connectivity index (χ0v) is 26.7. The van der Waals surface area contributed by atoms with Gasteiger partial charge in [-0.1, -0.05) is 107 Å².